The van der Waals surface area contributed by atoms with Crippen LogP contribution in [-0.4, -0.2) is 128 Å². The predicted molar refractivity (Wildman–Crippen MR) is 186 cm³/mol. The Balaban J connectivity index is 1.35. The van der Waals surface area contributed by atoms with Crippen LogP contribution < -0.4 is 15.4 Å². The maximum Gasteiger partial charge on any atom is 0.258 e. The zero-order valence-corrected chi connectivity index (χ0v) is 29.0. The molecule has 2 aliphatic rings. The van der Waals surface area contributed by atoms with Crippen LogP contribution >= 0.6 is 0 Å². The molecule has 50 heavy (non-hydrogen) atoms. The Kier molecular flexibility index (Phi) is 11.7. The molecule has 3 aromatic carbocycles. The average molecular weight is 689 g/mol. The van der Waals surface area contributed by atoms with E-state index in [0.29, 0.717) is 19.5 Å². The van der Waals surface area contributed by atoms with E-state index in [1.807, 2.05) is 61.5 Å². The number of carbonyl (C=O) groups excluding carboxylic acids is 5. The molecule has 3 unspecified atom stereocenters. The van der Waals surface area contributed by atoms with Gasteiger partial charge in [0.25, 0.3) is 5.91 Å². The van der Waals surface area contributed by atoms with Crippen molar-refractivity contribution in [1.29, 1.82) is 0 Å². The highest BCUT2D eigenvalue weighted by Gasteiger charge is 2.38. The standard InChI is InChI=1S/C37H45FN6O6/c1-41(2)16-15-39-36(48)31-12-14-34(46)42(3)22-35(47)44-21-28(40-33(45)18-24-9-10-25-7-5-6-8-26(25)17-24)20-29(44)23-50-32-13-11-27(38)19-30(32)37(49)43(31)4/h5-11,13,17,19,28-29,31H,12,14-16,18,20-23H2,1-4H3,(H,39,48)(H,40,45). The number of hydrogen-bond donors (Lipinski definition) is 2. The summed E-state index contributed by atoms with van der Waals surface area (Å²) in [6.07, 6.45) is 0.399. The number of nitrogens with zero attached hydrogens (tertiary/aromatic N) is 4. The van der Waals surface area contributed by atoms with Gasteiger partial charge in [0, 0.05) is 46.2 Å². The summed E-state index contributed by atoms with van der Waals surface area (Å²) in [4.78, 5) is 73.2. The molecule has 0 spiro atoms. The SMILES string of the molecule is CN(C)CCNC(=O)C1CCC(=O)N(C)CC(=O)N2CC(NC(=O)Cc3ccc4ccccc4c3)CC2COc2ccc(F)cc2C(=O)N1C. The molecule has 12 nitrogen and oxygen atoms in total. The molecule has 5 rings (SSSR count). The van der Waals surface area contributed by atoms with E-state index in [2.05, 4.69) is 10.6 Å². The van der Waals surface area contributed by atoms with Gasteiger partial charge in [-0.25, -0.2) is 4.39 Å². The number of hydrogen-bond acceptors (Lipinski definition) is 7. The molecule has 0 saturated carbocycles. The molecule has 5 amide bonds. The Morgan fingerprint density at radius 2 is 1.74 bits per heavy atom. The van der Waals surface area contributed by atoms with Crippen molar-refractivity contribution in [3.63, 3.8) is 0 Å². The third-order valence-electron chi connectivity index (χ3n) is 9.26. The zero-order valence-electron chi connectivity index (χ0n) is 29.0. The molecule has 266 valence electrons. The normalized spacial score (nSPS) is 20.6. The Morgan fingerprint density at radius 3 is 2.50 bits per heavy atom. The quantitative estimate of drug-likeness (QED) is 0.389. The second-order valence-corrected chi connectivity index (χ2v) is 13.3. The number of benzene rings is 3. The van der Waals surface area contributed by atoms with Crippen LogP contribution in [0.2, 0.25) is 0 Å². The van der Waals surface area contributed by atoms with Gasteiger partial charge in [-0.05, 0) is 61.5 Å². The topological polar surface area (TPSA) is 132 Å². The number of amides is 5. The van der Waals surface area contributed by atoms with E-state index in [1.54, 1.807) is 4.90 Å². The van der Waals surface area contributed by atoms with Crippen LogP contribution in [0.4, 0.5) is 4.39 Å². The first-order chi connectivity index (χ1) is 23.9. The number of fused-ring (bicyclic) bond motifs is 3. The number of ether oxygens (including phenoxy) is 1. The summed E-state index contributed by atoms with van der Waals surface area (Å²) in [5, 5.41) is 7.99. The summed E-state index contributed by atoms with van der Waals surface area (Å²) < 4.78 is 20.7. The van der Waals surface area contributed by atoms with Crippen molar-refractivity contribution in [2.75, 3.05) is 61.0 Å². The van der Waals surface area contributed by atoms with Crippen molar-refractivity contribution < 1.29 is 33.1 Å². The first kappa shape index (κ1) is 36.2. The van der Waals surface area contributed by atoms with Crippen LogP contribution in [0.25, 0.3) is 10.8 Å². The highest BCUT2D eigenvalue weighted by atomic mass is 19.1. The molecular weight excluding hydrogens is 643 g/mol. The second kappa shape index (κ2) is 16.1. The monoisotopic (exact) mass is 688 g/mol. The van der Waals surface area contributed by atoms with Gasteiger partial charge in [0.15, 0.2) is 0 Å². The summed E-state index contributed by atoms with van der Waals surface area (Å²) >= 11 is 0. The Bertz CT molecular complexity index is 1750. The molecule has 2 heterocycles. The summed E-state index contributed by atoms with van der Waals surface area (Å²) in [5.41, 5.74) is 0.772. The third kappa shape index (κ3) is 8.94. The predicted octanol–water partition coefficient (Wildman–Crippen LogP) is 2.06. The van der Waals surface area contributed by atoms with E-state index in [1.165, 1.54) is 36.0 Å². The van der Waals surface area contributed by atoms with E-state index < -0.39 is 29.7 Å². The zero-order chi connectivity index (χ0) is 35.9. The molecule has 2 aliphatic heterocycles. The highest BCUT2D eigenvalue weighted by molar-refractivity contribution is 5.99. The minimum absolute atomic E-state index is 0.0173. The first-order valence-electron chi connectivity index (χ1n) is 16.8. The average Bonchev–Trinajstić information content (AvgIpc) is 3.48. The van der Waals surface area contributed by atoms with E-state index in [0.717, 1.165) is 22.4 Å². The fraction of sp³-hybridized carbons (Fsp3) is 0.432. The molecule has 0 aromatic heterocycles. The Morgan fingerprint density at radius 1 is 0.980 bits per heavy atom. The van der Waals surface area contributed by atoms with Crippen molar-refractivity contribution >= 4 is 40.3 Å². The lowest BCUT2D eigenvalue weighted by atomic mass is 10.0. The van der Waals surface area contributed by atoms with Gasteiger partial charge in [0.05, 0.1) is 24.6 Å². The van der Waals surface area contributed by atoms with Crippen molar-refractivity contribution in [1.82, 2.24) is 30.2 Å². The minimum atomic E-state index is -1.04. The molecular formula is C37H45FN6O6. The Labute approximate surface area is 291 Å². The van der Waals surface area contributed by atoms with Crippen LogP contribution in [0.15, 0.2) is 60.7 Å². The molecule has 3 aromatic rings. The van der Waals surface area contributed by atoms with Gasteiger partial charge in [0.2, 0.25) is 23.6 Å². The lowest BCUT2D eigenvalue weighted by Crippen LogP contribution is -2.49. The minimum Gasteiger partial charge on any atom is -0.491 e. The molecule has 0 bridgehead atoms. The molecule has 1 saturated heterocycles. The van der Waals surface area contributed by atoms with Gasteiger partial charge in [0.1, 0.15) is 24.2 Å². The maximum atomic E-state index is 14.5. The van der Waals surface area contributed by atoms with Gasteiger partial charge in [-0.3, -0.25) is 24.0 Å². The van der Waals surface area contributed by atoms with Crippen LogP contribution in [-0.2, 0) is 25.6 Å². The lowest BCUT2D eigenvalue weighted by Gasteiger charge is -2.28. The van der Waals surface area contributed by atoms with Crippen LogP contribution in [0.1, 0.15) is 35.2 Å². The Hall–Kier alpha value is -5.04. The van der Waals surface area contributed by atoms with Crippen molar-refractivity contribution in [2.24, 2.45) is 0 Å². The van der Waals surface area contributed by atoms with E-state index in [4.69, 9.17) is 4.74 Å². The summed E-state index contributed by atoms with van der Waals surface area (Å²) in [5.74, 6) is -2.58. The van der Waals surface area contributed by atoms with E-state index >= 15 is 0 Å². The fourth-order valence-corrected chi connectivity index (χ4v) is 6.46. The number of halogens is 1. The molecule has 13 heteroatoms. The van der Waals surface area contributed by atoms with Crippen molar-refractivity contribution in [3.05, 3.63) is 77.6 Å². The van der Waals surface area contributed by atoms with Gasteiger partial charge in [-0.1, -0.05) is 42.5 Å². The van der Waals surface area contributed by atoms with E-state index in [9.17, 15) is 28.4 Å². The van der Waals surface area contributed by atoms with Crippen molar-refractivity contribution in [3.8, 4) is 5.75 Å². The molecule has 1 fully saturated rings. The van der Waals surface area contributed by atoms with Crippen LogP contribution in [0.5, 0.6) is 5.75 Å². The largest absolute Gasteiger partial charge is 0.491 e. The van der Waals surface area contributed by atoms with Crippen LogP contribution in [0, 0.1) is 5.82 Å². The number of carbonyl (C=O) groups is 5. The summed E-state index contributed by atoms with van der Waals surface area (Å²) in [6, 6.07) is 15.4. The van der Waals surface area contributed by atoms with Crippen molar-refractivity contribution in [2.45, 2.75) is 43.8 Å². The summed E-state index contributed by atoms with van der Waals surface area (Å²) in [6.45, 7) is 0.816. The molecule has 2 N–H and O–H groups in total. The number of nitrogens with one attached hydrogen (secondary N) is 2. The maximum absolute atomic E-state index is 14.5. The molecule has 3 atom stereocenters. The van der Waals surface area contributed by atoms with E-state index in [-0.39, 0.29) is 74.0 Å². The third-order valence-corrected chi connectivity index (χ3v) is 9.26. The second-order valence-electron chi connectivity index (χ2n) is 13.3. The van der Waals surface area contributed by atoms with Gasteiger partial charge in [-0.15, -0.1) is 0 Å². The molecule has 0 aliphatic carbocycles. The fourth-order valence-electron chi connectivity index (χ4n) is 6.46. The highest BCUT2D eigenvalue weighted by Crippen LogP contribution is 2.26. The first-order valence-corrected chi connectivity index (χ1v) is 16.8. The lowest BCUT2D eigenvalue weighted by molar-refractivity contribution is -0.140. The molecule has 0 radical (unpaired) electrons. The smallest absolute Gasteiger partial charge is 0.258 e. The summed E-state index contributed by atoms with van der Waals surface area (Å²) in [7, 11) is 6.68. The van der Waals surface area contributed by atoms with Gasteiger partial charge < -0.3 is 35.0 Å². The number of likely N-dealkylation sites (N-methyl/N-ethyl adjacent to an activating group) is 3. The van der Waals surface area contributed by atoms with Gasteiger partial charge >= 0.3 is 0 Å². The number of rotatable bonds is 7. The van der Waals surface area contributed by atoms with Gasteiger partial charge in [-0.2, -0.15) is 0 Å². The van der Waals surface area contributed by atoms with Crippen LogP contribution in [0.3, 0.4) is 0 Å².